The van der Waals surface area contributed by atoms with Gasteiger partial charge in [0.1, 0.15) is 11.6 Å². The summed E-state index contributed by atoms with van der Waals surface area (Å²) in [4.78, 5) is 0. The highest BCUT2D eigenvalue weighted by Gasteiger charge is 2.21. The molecule has 1 fully saturated rings. The topological polar surface area (TPSA) is 21.3 Å². The van der Waals surface area contributed by atoms with Crippen molar-refractivity contribution in [3.05, 3.63) is 29.6 Å². The Morgan fingerprint density at radius 3 is 2.63 bits per heavy atom. The zero-order chi connectivity index (χ0) is 13.7. The van der Waals surface area contributed by atoms with Gasteiger partial charge in [0.15, 0.2) is 0 Å². The molecule has 0 radical (unpaired) electrons. The molecule has 0 saturated heterocycles. The smallest absolute Gasteiger partial charge is 0.131 e. The average molecular weight is 265 g/mol. The van der Waals surface area contributed by atoms with Gasteiger partial charge in [-0.3, -0.25) is 0 Å². The first-order valence-corrected chi connectivity index (χ1v) is 7.25. The van der Waals surface area contributed by atoms with Crippen LogP contribution in [-0.4, -0.2) is 14.2 Å². The molecule has 0 amide bonds. The molecule has 1 unspecified atom stereocenters. The third kappa shape index (κ3) is 3.69. The standard InChI is InChI=1S/C16H24FNO/c1-18-16(10-12-6-4-3-5-7-12)14-9-8-13(19-2)11-15(14)17/h8-9,11-12,16,18H,3-7,10H2,1-2H3. The highest BCUT2D eigenvalue weighted by molar-refractivity contribution is 5.30. The lowest BCUT2D eigenvalue weighted by molar-refractivity contribution is 0.302. The van der Waals surface area contributed by atoms with Crippen LogP contribution < -0.4 is 10.1 Å². The summed E-state index contributed by atoms with van der Waals surface area (Å²) in [7, 11) is 3.48. The molecule has 1 aliphatic rings. The van der Waals surface area contributed by atoms with Crippen LogP contribution in [0.25, 0.3) is 0 Å². The minimum atomic E-state index is -0.172. The molecule has 106 valence electrons. The Hall–Kier alpha value is -1.09. The van der Waals surface area contributed by atoms with Gasteiger partial charge in [0.2, 0.25) is 0 Å². The summed E-state index contributed by atoms with van der Waals surface area (Å²) in [5.41, 5.74) is 0.758. The maximum atomic E-state index is 14.1. The van der Waals surface area contributed by atoms with E-state index < -0.39 is 0 Å². The molecular formula is C16H24FNO. The summed E-state index contributed by atoms with van der Waals surface area (Å²) in [5.74, 6) is 1.14. The fraction of sp³-hybridized carbons (Fsp3) is 0.625. The molecule has 19 heavy (non-hydrogen) atoms. The van der Waals surface area contributed by atoms with Crippen molar-refractivity contribution >= 4 is 0 Å². The molecule has 0 aliphatic heterocycles. The molecule has 2 nitrogen and oxygen atoms in total. The molecular weight excluding hydrogens is 241 g/mol. The van der Waals surface area contributed by atoms with Gasteiger partial charge in [0.25, 0.3) is 0 Å². The molecule has 1 saturated carbocycles. The maximum absolute atomic E-state index is 14.1. The SMILES string of the molecule is CNC(CC1CCCCC1)c1ccc(OC)cc1F. The van der Waals surface area contributed by atoms with Gasteiger partial charge in [-0.15, -0.1) is 0 Å². The van der Waals surface area contributed by atoms with Crippen molar-refractivity contribution in [1.29, 1.82) is 0 Å². The minimum Gasteiger partial charge on any atom is -0.497 e. The monoisotopic (exact) mass is 265 g/mol. The van der Waals surface area contributed by atoms with Crippen LogP contribution in [0.3, 0.4) is 0 Å². The van der Waals surface area contributed by atoms with Crippen molar-refractivity contribution in [1.82, 2.24) is 5.32 Å². The van der Waals surface area contributed by atoms with E-state index in [1.54, 1.807) is 7.11 Å². The third-order valence-corrected chi connectivity index (χ3v) is 4.23. The van der Waals surface area contributed by atoms with Gasteiger partial charge < -0.3 is 10.1 Å². The van der Waals surface area contributed by atoms with E-state index in [-0.39, 0.29) is 11.9 Å². The zero-order valence-electron chi connectivity index (χ0n) is 11.9. The van der Waals surface area contributed by atoms with Crippen molar-refractivity contribution in [2.45, 2.75) is 44.6 Å². The maximum Gasteiger partial charge on any atom is 0.131 e. The van der Waals surface area contributed by atoms with E-state index in [1.165, 1.54) is 38.2 Å². The Morgan fingerprint density at radius 2 is 2.05 bits per heavy atom. The fourth-order valence-electron chi connectivity index (χ4n) is 3.07. The molecule has 0 bridgehead atoms. The molecule has 3 heteroatoms. The number of hydrogen-bond donors (Lipinski definition) is 1. The van der Waals surface area contributed by atoms with Crippen LogP contribution in [0.15, 0.2) is 18.2 Å². The second kappa shape index (κ2) is 6.90. The van der Waals surface area contributed by atoms with Gasteiger partial charge in [-0.05, 0) is 25.5 Å². The fourth-order valence-corrected chi connectivity index (χ4v) is 3.07. The molecule has 1 aromatic rings. The number of hydrogen-bond acceptors (Lipinski definition) is 2. The van der Waals surface area contributed by atoms with Crippen molar-refractivity contribution in [2.75, 3.05) is 14.2 Å². The molecule has 2 rings (SSSR count). The molecule has 0 spiro atoms. The van der Waals surface area contributed by atoms with E-state index in [0.717, 1.165) is 17.9 Å². The van der Waals surface area contributed by atoms with Crippen LogP contribution in [0.4, 0.5) is 4.39 Å². The third-order valence-electron chi connectivity index (χ3n) is 4.23. The Morgan fingerprint density at radius 1 is 1.32 bits per heavy atom. The molecule has 0 heterocycles. The summed E-state index contributed by atoms with van der Waals surface area (Å²) in [6, 6.07) is 5.26. The van der Waals surface area contributed by atoms with Crippen LogP contribution in [0.5, 0.6) is 5.75 Å². The number of methoxy groups -OCH3 is 1. The first-order valence-electron chi connectivity index (χ1n) is 7.25. The molecule has 1 aromatic carbocycles. The Bertz CT molecular complexity index is 402. The van der Waals surface area contributed by atoms with E-state index in [2.05, 4.69) is 5.32 Å². The van der Waals surface area contributed by atoms with E-state index in [9.17, 15) is 4.39 Å². The van der Waals surface area contributed by atoms with Crippen molar-refractivity contribution in [3.8, 4) is 5.75 Å². The Labute approximate surface area is 115 Å². The van der Waals surface area contributed by atoms with Gasteiger partial charge in [0, 0.05) is 17.7 Å². The second-order valence-electron chi connectivity index (χ2n) is 5.47. The van der Waals surface area contributed by atoms with E-state index in [0.29, 0.717) is 5.75 Å². The summed E-state index contributed by atoms with van der Waals surface area (Å²) in [6.45, 7) is 0. The minimum absolute atomic E-state index is 0.106. The van der Waals surface area contributed by atoms with E-state index >= 15 is 0 Å². The van der Waals surface area contributed by atoms with Gasteiger partial charge >= 0.3 is 0 Å². The van der Waals surface area contributed by atoms with Crippen LogP contribution in [0.1, 0.15) is 50.1 Å². The lowest BCUT2D eigenvalue weighted by Gasteiger charge is -2.27. The number of ether oxygens (including phenoxy) is 1. The Balaban J connectivity index is 2.07. The number of halogens is 1. The molecule has 1 N–H and O–H groups in total. The molecule has 1 atom stereocenters. The lowest BCUT2D eigenvalue weighted by Crippen LogP contribution is -2.22. The van der Waals surface area contributed by atoms with Gasteiger partial charge in [-0.1, -0.05) is 38.2 Å². The first kappa shape index (κ1) is 14.3. The van der Waals surface area contributed by atoms with E-state index in [4.69, 9.17) is 4.74 Å². The number of rotatable bonds is 5. The normalized spacial score (nSPS) is 18.3. The van der Waals surface area contributed by atoms with Crippen molar-refractivity contribution < 1.29 is 9.13 Å². The number of nitrogens with one attached hydrogen (secondary N) is 1. The van der Waals surface area contributed by atoms with Crippen molar-refractivity contribution in [2.24, 2.45) is 5.92 Å². The highest BCUT2D eigenvalue weighted by atomic mass is 19.1. The quantitative estimate of drug-likeness (QED) is 0.866. The van der Waals surface area contributed by atoms with Gasteiger partial charge in [-0.25, -0.2) is 4.39 Å². The molecule has 1 aliphatic carbocycles. The zero-order valence-corrected chi connectivity index (χ0v) is 11.9. The van der Waals surface area contributed by atoms with E-state index in [1.807, 2.05) is 19.2 Å². The number of benzene rings is 1. The van der Waals surface area contributed by atoms with Crippen molar-refractivity contribution in [3.63, 3.8) is 0 Å². The summed E-state index contributed by atoms with van der Waals surface area (Å²) in [6.07, 6.45) is 7.61. The predicted octanol–water partition coefficient (Wildman–Crippen LogP) is 4.07. The van der Waals surface area contributed by atoms with Crippen LogP contribution >= 0.6 is 0 Å². The Kier molecular flexibility index (Phi) is 5.20. The summed E-state index contributed by atoms with van der Waals surface area (Å²) >= 11 is 0. The predicted molar refractivity (Wildman–Crippen MR) is 75.9 cm³/mol. The van der Waals surface area contributed by atoms with Gasteiger partial charge in [0.05, 0.1) is 7.11 Å². The first-order chi connectivity index (χ1) is 9.24. The average Bonchev–Trinajstić information content (AvgIpc) is 2.46. The highest BCUT2D eigenvalue weighted by Crippen LogP contribution is 2.33. The van der Waals surface area contributed by atoms with Gasteiger partial charge in [-0.2, -0.15) is 0 Å². The largest absolute Gasteiger partial charge is 0.497 e. The summed E-state index contributed by atoms with van der Waals surface area (Å²) in [5, 5.41) is 3.26. The second-order valence-corrected chi connectivity index (χ2v) is 5.47. The molecule has 0 aromatic heterocycles. The lowest BCUT2D eigenvalue weighted by atomic mass is 9.83. The summed E-state index contributed by atoms with van der Waals surface area (Å²) < 4.78 is 19.2. The van der Waals surface area contributed by atoms with Crippen LogP contribution in [0, 0.1) is 11.7 Å². The van der Waals surface area contributed by atoms with Crippen LogP contribution in [0.2, 0.25) is 0 Å². The van der Waals surface area contributed by atoms with Crippen LogP contribution in [-0.2, 0) is 0 Å².